The Morgan fingerprint density at radius 1 is 1.50 bits per heavy atom. The van der Waals surface area contributed by atoms with Crippen molar-refractivity contribution >= 4 is 23.1 Å². The standard InChI is InChI=1S/C12H18N2S2/c1-14-4-2-9(13)7-10(14)11-6-8-3-5-15-12(8)16-11/h6,9-10H,2-5,7,13H2,1H3. The maximum Gasteiger partial charge on any atom is 0.0634 e. The number of hydrogen-bond acceptors (Lipinski definition) is 4. The van der Waals surface area contributed by atoms with E-state index in [2.05, 4.69) is 18.0 Å². The van der Waals surface area contributed by atoms with Crippen molar-refractivity contribution in [2.45, 2.75) is 35.6 Å². The van der Waals surface area contributed by atoms with Crippen LogP contribution in [0, 0.1) is 0 Å². The molecular weight excluding hydrogens is 236 g/mol. The lowest BCUT2D eigenvalue weighted by molar-refractivity contribution is 0.174. The third-order valence-corrected chi connectivity index (χ3v) is 6.24. The number of nitrogens with zero attached hydrogens (tertiary/aromatic N) is 1. The first-order valence-electron chi connectivity index (χ1n) is 5.95. The van der Waals surface area contributed by atoms with Crippen LogP contribution < -0.4 is 5.73 Å². The molecule has 16 heavy (non-hydrogen) atoms. The van der Waals surface area contributed by atoms with E-state index in [-0.39, 0.29) is 0 Å². The van der Waals surface area contributed by atoms with E-state index in [0.29, 0.717) is 12.1 Å². The number of nitrogens with two attached hydrogens (primary N) is 1. The Balaban J connectivity index is 1.84. The van der Waals surface area contributed by atoms with Gasteiger partial charge < -0.3 is 5.73 Å². The van der Waals surface area contributed by atoms with Crippen molar-refractivity contribution in [3.63, 3.8) is 0 Å². The van der Waals surface area contributed by atoms with E-state index in [4.69, 9.17) is 5.73 Å². The molecule has 0 spiro atoms. The number of rotatable bonds is 1. The van der Waals surface area contributed by atoms with E-state index in [0.717, 1.165) is 19.4 Å². The van der Waals surface area contributed by atoms with Gasteiger partial charge in [-0.3, -0.25) is 4.90 Å². The maximum absolute atomic E-state index is 6.09. The molecule has 0 radical (unpaired) electrons. The summed E-state index contributed by atoms with van der Waals surface area (Å²) in [6.45, 7) is 1.14. The van der Waals surface area contributed by atoms with Crippen LogP contribution in [0.25, 0.3) is 0 Å². The van der Waals surface area contributed by atoms with Gasteiger partial charge in [-0.25, -0.2) is 0 Å². The van der Waals surface area contributed by atoms with Gasteiger partial charge in [-0.1, -0.05) is 0 Å². The third-order valence-electron chi connectivity index (χ3n) is 3.63. The molecule has 88 valence electrons. The summed E-state index contributed by atoms with van der Waals surface area (Å²) in [6, 6.07) is 3.39. The lowest BCUT2D eigenvalue weighted by atomic mass is 9.97. The summed E-state index contributed by atoms with van der Waals surface area (Å²) in [5.41, 5.74) is 7.67. The van der Waals surface area contributed by atoms with Gasteiger partial charge in [0.05, 0.1) is 4.21 Å². The molecule has 3 rings (SSSR count). The fourth-order valence-corrected chi connectivity index (χ4v) is 5.34. The largest absolute Gasteiger partial charge is 0.328 e. The van der Waals surface area contributed by atoms with E-state index >= 15 is 0 Å². The van der Waals surface area contributed by atoms with Crippen LogP contribution in [0.15, 0.2) is 10.3 Å². The second-order valence-corrected chi connectivity index (χ2v) is 7.29. The van der Waals surface area contributed by atoms with Crippen LogP contribution >= 0.6 is 23.1 Å². The first-order chi connectivity index (χ1) is 7.74. The molecule has 3 heterocycles. The van der Waals surface area contributed by atoms with Gasteiger partial charge in [-0.2, -0.15) is 0 Å². The van der Waals surface area contributed by atoms with Crippen LogP contribution in [-0.2, 0) is 6.42 Å². The van der Waals surface area contributed by atoms with E-state index < -0.39 is 0 Å². The average Bonchev–Trinajstić information content (AvgIpc) is 2.81. The molecule has 2 unspecified atom stereocenters. The Morgan fingerprint density at radius 3 is 3.19 bits per heavy atom. The second-order valence-electron chi connectivity index (χ2n) is 4.84. The van der Waals surface area contributed by atoms with Crippen molar-refractivity contribution in [3.05, 3.63) is 16.5 Å². The minimum Gasteiger partial charge on any atom is -0.328 e. The van der Waals surface area contributed by atoms with E-state index in [1.807, 2.05) is 23.1 Å². The summed E-state index contributed by atoms with van der Waals surface area (Å²) in [5, 5.41) is 0. The highest BCUT2D eigenvalue weighted by Gasteiger charge is 2.28. The number of aryl methyl sites for hydroxylation is 1. The van der Waals surface area contributed by atoms with Gasteiger partial charge in [0, 0.05) is 22.7 Å². The molecule has 0 bridgehead atoms. The third kappa shape index (κ3) is 1.92. The molecule has 1 aromatic rings. The number of piperidine rings is 1. The molecule has 2 aliphatic rings. The van der Waals surface area contributed by atoms with Gasteiger partial charge in [-0.05, 0) is 44.5 Å². The van der Waals surface area contributed by atoms with Crippen molar-refractivity contribution in [2.75, 3.05) is 19.3 Å². The highest BCUT2D eigenvalue weighted by Crippen LogP contribution is 2.43. The van der Waals surface area contributed by atoms with E-state index in [9.17, 15) is 0 Å². The summed E-state index contributed by atoms with van der Waals surface area (Å²) in [4.78, 5) is 4.00. The van der Waals surface area contributed by atoms with Crippen molar-refractivity contribution in [1.29, 1.82) is 0 Å². The Hall–Kier alpha value is -0.0300. The SMILES string of the molecule is CN1CCC(N)CC1c1cc2c(s1)SCC2. The Labute approximate surface area is 105 Å². The number of likely N-dealkylation sites (tertiary alicyclic amines) is 1. The lowest BCUT2D eigenvalue weighted by Gasteiger charge is -2.35. The molecule has 2 N–H and O–H groups in total. The molecule has 0 aliphatic carbocycles. The summed E-state index contributed by atoms with van der Waals surface area (Å²) < 4.78 is 1.56. The maximum atomic E-state index is 6.09. The summed E-state index contributed by atoms with van der Waals surface area (Å²) >= 11 is 4.02. The highest BCUT2D eigenvalue weighted by molar-refractivity contribution is 8.01. The normalized spacial score (nSPS) is 30.6. The summed E-state index contributed by atoms with van der Waals surface area (Å²) in [5.74, 6) is 1.28. The Morgan fingerprint density at radius 2 is 2.38 bits per heavy atom. The second kappa shape index (κ2) is 4.33. The zero-order valence-electron chi connectivity index (χ0n) is 9.61. The monoisotopic (exact) mass is 254 g/mol. The van der Waals surface area contributed by atoms with Crippen LogP contribution in [-0.4, -0.2) is 30.3 Å². The van der Waals surface area contributed by atoms with E-state index in [1.54, 1.807) is 9.77 Å². The number of thioether (sulfide) groups is 1. The topological polar surface area (TPSA) is 29.3 Å². The zero-order chi connectivity index (χ0) is 11.1. The number of fused-ring (bicyclic) bond motifs is 1. The van der Waals surface area contributed by atoms with Gasteiger partial charge >= 0.3 is 0 Å². The number of thiophene rings is 1. The molecule has 2 aliphatic heterocycles. The minimum absolute atomic E-state index is 0.394. The van der Waals surface area contributed by atoms with Gasteiger partial charge in [0.25, 0.3) is 0 Å². The highest BCUT2D eigenvalue weighted by atomic mass is 32.2. The Bertz CT molecular complexity index is 367. The first-order valence-corrected chi connectivity index (χ1v) is 7.75. The van der Waals surface area contributed by atoms with E-state index in [1.165, 1.54) is 17.1 Å². The molecule has 1 saturated heterocycles. The smallest absolute Gasteiger partial charge is 0.0634 e. The van der Waals surface area contributed by atoms with Crippen molar-refractivity contribution in [3.8, 4) is 0 Å². The van der Waals surface area contributed by atoms with Crippen molar-refractivity contribution in [1.82, 2.24) is 4.90 Å². The van der Waals surface area contributed by atoms with Crippen LogP contribution in [0.3, 0.4) is 0 Å². The molecular formula is C12H18N2S2. The van der Waals surface area contributed by atoms with Gasteiger partial charge in [0.2, 0.25) is 0 Å². The van der Waals surface area contributed by atoms with Crippen molar-refractivity contribution < 1.29 is 0 Å². The fourth-order valence-electron chi connectivity index (χ4n) is 2.59. The van der Waals surface area contributed by atoms with Crippen LogP contribution in [0.5, 0.6) is 0 Å². The van der Waals surface area contributed by atoms with Crippen LogP contribution in [0.1, 0.15) is 29.3 Å². The zero-order valence-corrected chi connectivity index (χ0v) is 11.2. The molecule has 0 saturated carbocycles. The lowest BCUT2D eigenvalue weighted by Crippen LogP contribution is -2.39. The molecule has 0 amide bonds. The van der Waals surface area contributed by atoms with Gasteiger partial charge in [0.1, 0.15) is 0 Å². The van der Waals surface area contributed by atoms with Gasteiger partial charge in [0.15, 0.2) is 0 Å². The molecule has 1 aromatic heterocycles. The summed E-state index contributed by atoms with van der Waals surface area (Å²) in [6.07, 6.45) is 3.53. The summed E-state index contributed by atoms with van der Waals surface area (Å²) in [7, 11) is 2.23. The van der Waals surface area contributed by atoms with Gasteiger partial charge in [-0.15, -0.1) is 23.1 Å². The predicted octanol–water partition coefficient (Wildman–Crippen LogP) is 2.49. The quantitative estimate of drug-likeness (QED) is 0.835. The Kier molecular flexibility index (Phi) is 3.00. The molecule has 4 heteroatoms. The minimum atomic E-state index is 0.394. The first kappa shape index (κ1) is 11.1. The molecule has 0 aromatic carbocycles. The van der Waals surface area contributed by atoms with Crippen LogP contribution in [0.2, 0.25) is 0 Å². The fraction of sp³-hybridized carbons (Fsp3) is 0.667. The molecule has 1 fully saturated rings. The molecule has 2 atom stereocenters. The van der Waals surface area contributed by atoms with Crippen LogP contribution in [0.4, 0.5) is 0 Å². The predicted molar refractivity (Wildman–Crippen MR) is 71.3 cm³/mol. The van der Waals surface area contributed by atoms with Crippen molar-refractivity contribution in [2.24, 2.45) is 5.73 Å². The average molecular weight is 254 g/mol. The molecule has 2 nitrogen and oxygen atoms in total. The number of hydrogen-bond donors (Lipinski definition) is 1.